The lowest BCUT2D eigenvalue weighted by molar-refractivity contribution is 0.165. The number of hydrogen-bond acceptors (Lipinski definition) is 3. The molecule has 0 unspecified atom stereocenters. The van der Waals surface area contributed by atoms with Crippen LogP contribution in [0, 0.1) is 0 Å². The van der Waals surface area contributed by atoms with Gasteiger partial charge in [0.2, 0.25) is 0 Å². The molecule has 1 heterocycles. The Morgan fingerprint density at radius 1 is 1.26 bits per heavy atom. The van der Waals surface area contributed by atoms with E-state index in [-0.39, 0.29) is 12.6 Å². The number of likely N-dealkylation sites (tertiary alicyclic amines) is 1. The van der Waals surface area contributed by atoms with Crippen LogP contribution in [0.1, 0.15) is 31.7 Å². The lowest BCUT2D eigenvalue weighted by Crippen LogP contribution is -2.46. The van der Waals surface area contributed by atoms with Gasteiger partial charge in [0.05, 0.1) is 6.61 Å². The van der Waals surface area contributed by atoms with Gasteiger partial charge in [-0.2, -0.15) is 0 Å². The van der Waals surface area contributed by atoms with Gasteiger partial charge in [-0.15, -0.1) is 0 Å². The van der Waals surface area contributed by atoms with E-state index in [1.165, 1.54) is 18.4 Å². The van der Waals surface area contributed by atoms with Crippen LogP contribution in [-0.4, -0.2) is 41.8 Å². The molecule has 3 nitrogen and oxygen atoms in total. The average Bonchev–Trinajstić information content (AvgIpc) is 2.47. The van der Waals surface area contributed by atoms with Crippen molar-refractivity contribution in [3.8, 4) is 0 Å². The summed E-state index contributed by atoms with van der Waals surface area (Å²) in [5, 5.41) is 12.8. The third-order valence-corrected chi connectivity index (χ3v) is 4.02. The molecule has 1 fully saturated rings. The monoisotopic (exact) mass is 262 g/mol. The van der Waals surface area contributed by atoms with Crippen molar-refractivity contribution in [2.75, 3.05) is 19.7 Å². The van der Waals surface area contributed by atoms with Crippen molar-refractivity contribution >= 4 is 0 Å². The number of hydrogen-bond donors (Lipinski definition) is 2. The van der Waals surface area contributed by atoms with E-state index >= 15 is 0 Å². The fourth-order valence-electron chi connectivity index (χ4n) is 2.73. The van der Waals surface area contributed by atoms with Crippen LogP contribution in [-0.2, 0) is 6.54 Å². The minimum Gasteiger partial charge on any atom is -0.395 e. The first-order valence-corrected chi connectivity index (χ1v) is 7.45. The maximum atomic E-state index is 9.23. The standard InChI is InChI=1S/C16H26N2O/c1-2-15(13-19)17-16-8-10-18(11-9-16)12-14-6-4-3-5-7-14/h3-7,15-17,19H,2,8-13H2,1H3/t15-/m1/s1. The Kier molecular flexibility index (Phi) is 5.83. The fourth-order valence-corrected chi connectivity index (χ4v) is 2.73. The maximum absolute atomic E-state index is 9.23. The van der Waals surface area contributed by atoms with Gasteiger partial charge in [0.1, 0.15) is 0 Å². The predicted octanol–water partition coefficient (Wildman–Crippen LogP) is 2.01. The van der Waals surface area contributed by atoms with Crippen LogP contribution in [0.3, 0.4) is 0 Å². The largest absolute Gasteiger partial charge is 0.395 e. The number of rotatable bonds is 6. The molecule has 1 atom stereocenters. The molecule has 0 bridgehead atoms. The second-order valence-corrected chi connectivity index (χ2v) is 5.49. The number of piperidine rings is 1. The molecule has 2 rings (SSSR count). The highest BCUT2D eigenvalue weighted by atomic mass is 16.3. The van der Waals surface area contributed by atoms with Crippen molar-refractivity contribution < 1.29 is 5.11 Å². The van der Waals surface area contributed by atoms with Gasteiger partial charge in [-0.25, -0.2) is 0 Å². The maximum Gasteiger partial charge on any atom is 0.0584 e. The van der Waals surface area contributed by atoms with Gasteiger partial charge >= 0.3 is 0 Å². The van der Waals surface area contributed by atoms with Crippen molar-refractivity contribution in [1.82, 2.24) is 10.2 Å². The first-order valence-electron chi connectivity index (χ1n) is 7.45. The molecule has 1 aliphatic rings. The normalized spacial score (nSPS) is 19.5. The zero-order valence-electron chi connectivity index (χ0n) is 11.9. The molecule has 19 heavy (non-hydrogen) atoms. The average molecular weight is 262 g/mol. The van der Waals surface area contributed by atoms with Crippen LogP contribution >= 0.6 is 0 Å². The summed E-state index contributed by atoms with van der Waals surface area (Å²) in [6.45, 7) is 5.73. The third kappa shape index (κ3) is 4.60. The molecule has 0 saturated carbocycles. The van der Waals surface area contributed by atoms with Gasteiger partial charge in [0.15, 0.2) is 0 Å². The van der Waals surface area contributed by atoms with Crippen LogP contribution in [0.5, 0.6) is 0 Å². The zero-order chi connectivity index (χ0) is 13.5. The summed E-state index contributed by atoms with van der Waals surface area (Å²) in [6, 6.07) is 11.5. The topological polar surface area (TPSA) is 35.5 Å². The summed E-state index contributed by atoms with van der Waals surface area (Å²) in [5.74, 6) is 0. The lowest BCUT2D eigenvalue weighted by Gasteiger charge is -2.34. The van der Waals surface area contributed by atoms with E-state index in [0.29, 0.717) is 6.04 Å². The molecule has 1 aromatic carbocycles. The van der Waals surface area contributed by atoms with Gasteiger partial charge < -0.3 is 10.4 Å². The Morgan fingerprint density at radius 2 is 1.95 bits per heavy atom. The van der Waals surface area contributed by atoms with Crippen LogP contribution in [0.15, 0.2) is 30.3 Å². The Labute approximate surface area is 116 Å². The minimum absolute atomic E-state index is 0.251. The molecule has 0 spiro atoms. The molecule has 106 valence electrons. The second kappa shape index (κ2) is 7.63. The van der Waals surface area contributed by atoms with Gasteiger partial charge in [0, 0.05) is 18.6 Å². The Bertz CT molecular complexity index is 343. The van der Waals surface area contributed by atoms with Crippen LogP contribution in [0.2, 0.25) is 0 Å². The Balaban J connectivity index is 1.73. The predicted molar refractivity (Wildman–Crippen MR) is 79.0 cm³/mol. The quantitative estimate of drug-likeness (QED) is 0.823. The molecule has 1 aliphatic heterocycles. The number of aliphatic hydroxyl groups excluding tert-OH is 1. The molecule has 0 aliphatic carbocycles. The van der Waals surface area contributed by atoms with Crippen molar-refractivity contribution in [1.29, 1.82) is 0 Å². The number of nitrogens with one attached hydrogen (secondary N) is 1. The molecule has 2 N–H and O–H groups in total. The van der Waals surface area contributed by atoms with E-state index in [0.717, 1.165) is 26.1 Å². The highest BCUT2D eigenvalue weighted by molar-refractivity contribution is 5.14. The summed E-state index contributed by atoms with van der Waals surface area (Å²) in [5.41, 5.74) is 1.40. The first-order chi connectivity index (χ1) is 9.31. The van der Waals surface area contributed by atoms with E-state index < -0.39 is 0 Å². The smallest absolute Gasteiger partial charge is 0.0584 e. The summed E-state index contributed by atoms with van der Waals surface area (Å²) >= 11 is 0. The zero-order valence-corrected chi connectivity index (χ0v) is 11.9. The molecule has 0 aromatic heterocycles. The first kappa shape index (κ1) is 14.5. The summed E-state index contributed by atoms with van der Waals surface area (Å²) in [7, 11) is 0. The summed E-state index contributed by atoms with van der Waals surface area (Å²) < 4.78 is 0. The fraction of sp³-hybridized carbons (Fsp3) is 0.625. The molecule has 0 amide bonds. The minimum atomic E-state index is 0.251. The van der Waals surface area contributed by atoms with E-state index in [4.69, 9.17) is 0 Å². The van der Waals surface area contributed by atoms with Crippen LogP contribution in [0.4, 0.5) is 0 Å². The van der Waals surface area contributed by atoms with Crippen molar-refractivity contribution in [2.45, 2.75) is 44.8 Å². The molecular formula is C16H26N2O. The van der Waals surface area contributed by atoms with Crippen LogP contribution < -0.4 is 5.32 Å². The van der Waals surface area contributed by atoms with E-state index in [9.17, 15) is 5.11 Å². The number of nitrogens with zero attached hydrogens (tertiary/aromatic N) is 1. The van der Waals surface area contributed by atoms with E-state index in [1.807, 2.05) is 0 Å². The van der Waals surface area contributed by atoms with E-state index in [1.54, 1.807) is 0 Å². The molecule has 3 heteroatoms. The van der Waals surface area contributed by atoms with Gasteiger partial charge in [0.25, 0.3) is 0 Å². The van der Waals surface area contributed by atoms with Gasteiger partial charge in [-0.3, -0.25) is 4.90 Å². The second-order valence-electron chi connectivity index (χ2n) is 5.49. The third-order valence-electron chi connectivity index (χ3n) is 4.02. The molecule has 1 saturated heterocycles. The Hall–Kier alpha value is -0.900. The van der Waals surface area contributed by atoms with Crippen molar-refractivity contribution in [2.24, 2.45) is 0 Å². The molecule has 1 aromatic rings. The summed E-state index contributed by atoms with van der Waals surface area (Å²) in [6.07, 6.45) is 3.37. The van der Waals surface area contributed by atoms with E-state index in [2.05, 4.69) is 47.5 Å². The Morgan fingerprint density at radius 3 is 2.53 bits per heavy atom. The highest BCUT2D eigenvalue weighted by Gasteiger charge is 2.20. The highest BCUT2D eigenvalue weighted by Crippen LogP contribution is 2.14. The number of benzene rings is 1. The lowest BCUT2D eigenvalue weighted by atomic mass is 10.0. The molecule has 0 radical (unpaired) electrons. The number of aliphatic hydroxyl groups is 1. The van der Waals surface area contributed by atoms with Crippen LogP contribution in [0.25, 0.3) is 0 Å². The van der Waals surface area contributed by atoms with Crippen molar-refractivity contribution in [3.05, 3.63) is 35.9 Å². The summed E-state index contributed by atoms with van der Waals surface area (Å²) in [4.78, 5) is 2.52. The van der Waals surface area contributed by atoms with Gasteiger partial charge in [-0.05, 0) is 37.9 Å². The van der Waals surface area contributed by atoms with Crippen molar-refractivity contribution in [3.63, 3.8) is 0 Å². The SMILES string of the molecule is CC[C@H](CO)NC1CCN(Cc2ccccc2)CC1. The van der Waals surface area contributed by atoms with Gasteiger partial charge in [-0.1, -0.05) is 37.3 Å². The molecular weight excluding hydrogens is 236 g/mol.